The maximum atomic E-state index is 10.2. The van der Waals surface area contributed by atoms with Gasteiger partial charge in [0, 0.05) is 25.5 Å². The highest BCUT2D eigenvalue weighted by molar-refractivity contribution is 14.0. The van der Waals surface area contributed by atoms with E-state index in [4.69, 9.17) is 0 Å². The van der Waals surface area contributed by atoms with Gasteiger partial charge in [0.2, 0.25) is 0 Å². The molecule has 0 amide bonds. The first kappa shape index (κ1) is 21.4. The summed E-state index contributed by atoms with van der Waals surface area (Å²) in [5.41, 5.74) is 2.17. The number of nitrogens with one attached hydrogen (secondary N) is 2. The molecule has 0 radical (unpaired) electrons. The first-order chi connectivity index (χ1) is 11.8. The summed E-state index contributed by atoms with van der Waals surface area (Å²) in [6.45, 7) is 3.97. The van der Waals surface area contributed by atoms with Crippen LogP contribution in [0.15, 0.2) is 59.9 Å². The van der Waals surface area contributed by atoms with Crippen molar-refractivity contribution in [2.45, 2.75) is 25.9 Å². The third-order valence-electron chi connectivity index (χ3n) is 3.63. The number of aryl methyl sites for hydroxylation is 1. The van der Waals surface area contributed by atoms with Crippen molar-refractivity contribution >= 4 is 29.9 Å². The normalized spacial score (nSPS) is 12.2. The molecule has 0 fully saturated rings. The number of aliphatic hydroxyl groups is 1. The second-order valence-electron chi connectivity index (χ2n) is 5.53. The molecule has 1 heterocycles. The molecule has 1 atom stereocenters. The minimum Gasteiger partial charge on any atom is -0.386 e. The molecule has 0 bridgehead atoms. The number of nitrogens with zero attached hydrogens (tertiary/aromatic N) is 2. The summed E-state index contributed by atoms with van der Waals surface area (Å²) in [4.78, 5) is 8.41. The number of hydrogen-bond donors (Lipinski definition) is 3. The molecular formula is C19H27IN4O. The van der Waals surface area contributed by atoms with Crippen LogP contribution in [-0.4, -0.2) is 35.7 Å². The number of aliphatic imine (C=N–C) groups is 1. The molecule has 0 saturated carbocycles. The van der Waals surface area contributed by atoms with Gasteiger partial charge in [-0.1, -0.05) is 30.3 Å². The average Bonchev–Trinajstić information content (AvgIpc) is 2.64. The Morgan fingerprint density at radius 1 is 1.12 bits per heavy atom. The van der Waals surface area contributed by atoms with Crippen LogP contribution in [0.25, 0.3) is 0 Å². The smallest absolute Gasteiger partial charge is 0.191 e. The van der Waals surface area contributed by atoms with Crippen LogP contribution in [0.1, 0.15) is 30.6 Å². The number of pyridine rings is 1. The minimum absolute atomic E-state index is 0. The Labute approximate surface area is 167 Å². The lowest BCUT2D eigenvalue weighted by Gasteiger charge is -2.13. The topological polar surface area (TPSA) is 69.5 Å². The van der Waals surface area contributed by atoms with Crippen molar-refractivity contribution in [1.82, 2.24) is 15.6 Å². The standard InChI is InChI=1S/C19H26N4O.HI/c1-2-21-19(22-12-6-9-16-7-4-3-5-8-16)23-15-18(24)17-10-13-20-14-11-17;/h3-5,7-8,10-11,13-14,18,24H,2,6,9,12,15H2,1H3,(H2,21,22,23);1H. The first-order valence-electron chi connectivity index (χ1n) is 8.43. The van der Waals surface area contributed by atoms with Gasteiger partial charge in [-0.15, -0.1) is 24.0 Å². The molecule has 0 aliphatic heterocycles. The van der Waals surface area contributed by atoms with Crippen molar-refractivity contribution in [3.05, 3.63) is 66.0 Å². The van der Waals surface area contributed by atoms with Crippen LogP contribution in [0.4, 0.5) is 0 Å². The Morgan fingerprint density at radius 3 is 2.52 bits per heavy atom. The zero-order valence-corrected chi connectivity index (χ0v) is 16.9. The number of guanidine groups is 1. The minimum atomic E-state index is -0.618. The summed E-state index contributed by atoms with van der Waals surface area (Å²) < 4.78 is 0. The molecule has 2 rings (SSSR count). The van der Waals surface area contributed by atoms with E-state index >= 15 is 0 Å². The van der Waals surface area contributed by atoms with Crippen LogP contribution in [0.5, 0.6) is 0 Å². The molecule has 2 aromatic rings. The van der Waals surface area contributed by atoms with E-state index in [0.717, 1.165) is 37.5 Å². The first-order valence-corrected chi connectivity index (χ1v) is 8.43. The zero-order chi connectivity index (χ0) is 17.0. The number of halogens is 1. The third kappa shape index (κ3) is 8.31. The van der Waals surface area contributed by atoms with Gasteiger partial charge in [-0.05, 0) is 43.0 Å². The average molecular weight is 454 g/mol. The number of aliphatic hydroxyl groups excluding tert-OH is 1. The van der Waals surface area contributed by atoms with Gasteiger partial charge in [-0.25, -0.2) is 0 Å². The molecular weight excluding hydrogens is 427 g/mol. The fourth-order valence-corrected chi connectivity index (χ4v) is 2.35. The van der Waals surface area contributed by atoms with Crippen LogP contribution < -0.4 is 10.6 Å². The van der Waals surface area contributed by atoms with Crippen LogP contribution in [0, 0.1) is 0 Å². The van der Waals surface area contributed by atoms with Crippen LogP contribution in [0.3, 0.4) is 0 Å². The molecule has 0 spiro atoms. The lowest BCUT2D eigenvalue weighted by atomic mass is 10.1. The summed E-state index contributed by atoms with van der Waals surface area (Å²) in [5.74, 6) is 0.735. The van der Waals surface area contributed by atoms with E-state index in [9.17, 15) is 5.11 Å². The SMILES string of the molecule is CCNC(=NCC(O)c1ccncc1)NCCCc1ccccc1.I. The summed E-state index contributed by atoms with van der Waals surface area (Å²) in [6.07, 6.45) is 4.80. The van der Waals surface area contributed by atoms with Crippen molar-refractivity contribution < 1.29 is 5.11 Å². The third-order valence-corrected chi connectivity index (χ3v) is 3.63. The van der Waals surface area contributed by atoms with Crippen LogP contribution in [-0.2, 0) is 6.42 Å². The molecule has 3 N–H and O–H groups in total. The second-order valence-corrected chi connectivity index (χ2v) is 5.53. The molecule has 6 heteroatoms. The van der Waals surface area contributed by atoms with E-state index in [1.807, 2.05) is 13.0 Å². The predicted octanol–water partition coefficient (Wildman–Crippen LogP) is 2.92. The molecule has 0 saturated heterocycles. The highest BCUT2D eigenvalue weighted by Gasteiger charge is 2.06. The summed E-state index contributed by atoms with van der Waals surface area (Å²) in [5, 5.41) is 16.7. The van der Waals surface area contributed by atoms with E-state index in [-0.39, 0.29) is 24.0 Å². The molecule has 0 aliphatic carbocycles. The highest BCUT2D eigenvalue weighted by Crippen LogP contribution is 2.10. The van der Waals surface area contributed by atoms with E-state index in [1.165, 1.54) is 5.56 Å². The Balaban J connectivity index is 0.00000312. The largest absolute Gasteiger partial charge is 0.386 e. The zero-order valence-electron chi connectivity index (χ0n) is 14.6. The molecule has 0 aliphatic rings. The van der Waals surface area contributed by atoms with Crippen molar-refractivity contribution in [3.63, 3.8) is 0 Å². The van der Waals surface area contributed by atoms with Gasteiger partial charge in [-0.2, -0.15) is 0 Å². The Morgan fingerprint density at radius 2 is 1.84 bits per heavy atom. The molecule has 136 valence electrons. The van der Waals surface area contributed by atoms with Gasteiger partial charge in [0.15, 0.2) is 5.96 Å². The number of aromatic nitrogens is 1. The monoisotopic (exact) mass is 454 g/mol. The summed E-state index contributed by atoms with van der Waals surface area (Å²) in [6, 6.07) is 14.1. The van der Waals surface area contributed by atoms with E-state index < -0.39 is 6.10 Å². The lowest BCUT2D eigenvalue weighted by molar-refractivity contribution is 0.187. The Kier molecular flexibility index (Phi) is 10.8. The van der Waals surface area contributed by atoms with Gasteiger partial charge in [0.1, 0.15) is 0 Å². The van der Waals surface area contributed by atoms with Gasteiger partial charge in [-0.3, -0.25) is 9.98 Å². The molecule has 25 heavy (non-hydrogen) atoms. The fourth-order valence-electron chi connectivity index (χ4n) is 2.35. The number of rotatable bonds is 8. The predicted molar refractivity (Wildman–Crippen MR) is 113 cm³/mol. The number of hydrogen-bond acceptors (Lipinski definition) is 3. The quantitative estimate of drug-likeness (QED) is 0.248. The highest BCUT2D eigenvalue weighted by atomic mass is 127. The van der Waals surface area contributed by atoms with Crippen molar-refractivity contribution in [1.29, 1.82) is 0 Å². The van der Waals surface area contributed by atoms with E-state index in [2.05, 4.69) is 44.9 Å². The van der Waals surface area contributed by atoms with Gasteiger partial charge in [0.05, 0.1) is 12.6 Å². The van der Waals surface area contributed by atoms with Gasteiger partial charge >= 0.3 is 0 Å². The van der Waals surface area contributed by atoms with E-state index in [0.29, 0.717) is 6.54 Å². The van der Waals surface area contributed by atoms with Crippen LogP contribution in [0.2, 0.25) is 0 Å². The molecule has 1 aromatic carbocycles. The van der Waals surface area contributed by atoms with Crippen molar-refractivity contribution in [3.8, 4) is 0 Å². The number of benzene rings is 1. The fraction of sp³-hybridized carbons (Fsp3) is 0.368. The molecule has 1 unspecified atom stereocenters. The van der Waals surface area contributed by atoms with E-state index in [1.54, 1.807) is 24.5 Å². The lowest BCUT2D eigenvalue weighted by Crippen LogP contribution is -2.38. The molecule has 1 aromatic heterocycles. The van der Waals surface area contributed by atoms with Crippen molar-refractivity contribution in [2.24, 2.45) is 4.99 Å². The van der Waals surface area contributed by atoms with Crippen molar-refractivity contribution in [2.75, 3.05) is 19.6 Å². The maximum absolute atomic E-state index is 10.2. The van der Waals surface area contributed by atoms with Crippen LogP contribution >= 0.6 is 24.0 Å². The second kappa shape index (κ2) is 12.7. The summed E-state index contributed by atoms with van der Waals surface area (Å²) >= 11 is 0. The maximum Gasteiger partial charge on any atom is 0.191 e. The summed E-state index contributed by atoms with van der Waals surface area (Å²) in [7, 11) is 0. The molecule has 5 nitrogen and oxygen atoms in total. The van der Waals surface area contributed by atoms with Gasteiger partial charge in [0.25, 0.3) is 0 Å². The Bertz CT molecular complexity index is 607. The van der Waals surface area contributed by atoms with Gasteiger partial charge < -0.3 is 15.7 Å². The Hall–Kier alpha value is -1.67.